The second kappa shape index (κ2) is 0.931. The predicted octanol–water partition coefficient (Wildman–Crippen LogP) is 1.46. The lowest BCUT2D eigenvalue weighted by Gasteiger charge is -1.49. The molecule has 1 nitrogen and oxygen atoms in total. The number of hydrogen-bond donors (Lipinski definition) is 1. The first kappa shape index (κ1) is 2.51. The largest absolute Gasteiger partial charge is 1.00 e. The summed E-state index contributed by atoms with van der Waals surface area (Å²) in [5, 5.41) is 0. The summed E-state index contributed by atoms with van der Waals surface area (Å²) in [4.78, 5) is 2.86. The summed E-state index contributed by atoms with van der Waals surface area (Å²) >= 11 is 0. The second-order valence-corrected chi connectivity index (χ2v) is 0.885. The molecule has 0 saturated carbocycles. The minimum absolute atomic E-state index is 0. The van der Waals surface area contributed by atoms with E-state index in [2.05, 4.69) is 4.98 Å². The van der Waals surface area contributed by atoms with Gasteiger partial charge in [0.1, 0.15) is 0 Å². The molecule has 1 rings (SSSR count). The van der Waals surface area contributed by atoms with E-state index in [1.54, 1.807) is 0 Å². The van der Waals surface area contributed by atoms with E-state index >= 15 is 0 Å². The monoisotopic (exact) mass is 71.1 g/mol. The van der Waals surface area contributed by atoms with Gasteiger partial charge in [-0.15, -0.1) is 0 Å². The van der Waals surface area contributed by atoms with Crippen LogP contribution in [0, 0.1) is 0 Å². The lowest BCUT2D eigenvalue weighted by atomic mass is 10.7. The fourth-order valence-electron chi connectivity index (χ4n) is 0.278. The molecule has 0 saturated heterocycles. The molecule has 0 aliphatic heterocycles. The van der Waals surface area contributed by atoms with Crippen molar-refractivity contribution in [2.75, 3.05) is 0 Å². The van der Waals surface area contributed by atoms with Crippen molar-refractivity contribution < 1.29 is 5.71 Å². The van der Waals surface area contributed by atoms with Crippen molar-refractivity contribution in [2.45, 2.75) is 0 Å². The van der Waals surface area contributed by atoms with Crippen molar-refractivity contribution in [1.29, 1.82) is 0 Å². The molecule has 0 aliphatic carbocycles. The smallest absolute Gasteiger partial charge is 0.368 e. The van der Waals surface area contributed by atoms with E-state index in [4.69, 9.17) is 0 Å². The molecule has 0 atom stereocenters. The van der Waals surface area contributed by atoms with E-state index in [9.17, 15) is 0 Å². The highest BCUT2D eigenvalue weighted by atomic mass is 14.6. The summed E-state index contributed by atoms with van der Waals surface area (Å²) in [6.07, 6.45) is 3.75. The van der Waals surface area contributed by atoms with Gasteiger partial charge in [0.2, 0.25) is 0 Å². The highest BCUT2D eigenvalue weighted by Gasteiger charge is 1.55. The molecule has 1 N–H and O–H groups in total. The van der Waals surface area contributed by atoms with Gasteiger partial charge in [-0.1, -0.05) is 0 Å². The Labute approximate surface area is 36.6 Å². The molecule has 0 amide bonds. The van der Waals surface area contributed by atoms with Crippen LogP contribution in [0.2, 0.25) is 0 Å². The topological polar surface area (TPSA) is 15.8 Å². The van der Waals surface area contributed by atoms with Crippen molar-refractivity contribution >= 4 is 0 Å². The van der Waals surface area contributed by atoms with Gasteiger partial charge in [0.25, 0.3) is 0 Å². The molecule has 1 aromatic rings. The van der Waals surface area contributed by atoms with Crippen LogP contribution >= 0.6 is 0 Å². The van der Waals surface area contributed by atoms with Gasteiger partial charge in [-0.3, -0.25) is 0 Å². The molecule has 0 unspecified atom stereocenters. The molecule has 0 fully saturated rings. The molecular formula is C4H9N+4. The summed E-state index contributed by atoms with van der Waals surface area (Å²) in [6, 6.07) is 3.89. The standard InChI is InChI=1S/C4H5N/c1-2-4-5-3-1/h1-5H/p+4. The van der Waals surface area contributed by atoms with Crippen LogP contribution < -0.4 is 0 Å². The maximum Gasteiger partial charge on any atom is 1.00 e. The van der Waals surface area contributed by atoms with Gasteiger partial charge in [-0.05, 0) is 12.1 Å². The maximum atomic E-state index is 2.86. The summed E-state index contributed by atoms with van der Waals surface area (Å²) in [6.45, 7) is 0. The first-order valence-electron chi connectivity index (χ1n) is 1.58. The van der Waals surface area contributed by atoms with Crippen LogP contribution in [0.3, 0.4) is 0 Å². The number of aromatic amines is 1. The van der Waals surface area contributed by atoms with Crippen molar-refractivity contribution in [3.05, 3.63) is 24.5 Å². The van der Waals surface area contributed by atoms with Gasteiger partial charge in [0, 0.05) is 12.4 Å². The molecule has 0 bridgehead atoms. The second-order valence-electron chi connectivity index (χ2n) is 0.885. The highest BCUT2D eigenvalue weighted by molar-refractivity contribution is 4.84. The zero-order chi connectivity index (χ0) is 3.54. The molecular weight excluding hydrogens is 62.1 g/mol. The zero-order valence-electron chi connectivity index (χ0n) is 6.81. The van der Waals surface area contributed by atoms with E-state index in [1.165, 1.54) is 0 Å². The fraction of sp³-hybridized carbons (Fsp3) is 0. The minimum atomic E-state index is 0. The van der Waals surface area contributed by atoms with Crippen LogP contribution in [0.25, 0.3) is 0 Å². The van der Waals surface area contributed by atoms with Crippen LogP contribution in [0.5, 0.6) is 0 Å². The highest BCUT2D eigenvalue weighted by Crippen LogP contribution is 1.72. The van der Waals surface area contributed by atoms with Gasteiger partial charge >= 0.3 is 5.71 Å². The number of nitrogens with one attached hydrogen (secondary N) is 1. The van der Waals surface area contributed by atoms with Gasteiger partial charge in [0.05, 0.1) is 0 Å². The number of hydrogen-bond acceptors (Lipinski definition) is 0. The fourth-order valence-corrected chi connectivity index (χ4v) is 0.278. The third-order valence-corrected chi connectivity index (χ3v) is 0.496. The Bertz CT molecular complexity index is 69.0. The van der Waals surface area contributed by atoms with Gasteiger partial charge < -0.3 is 4.98 Å². The van der Waals surface area contributed by atoms with Crippen molar-refractivity contribution in [3.8, 4) is 0 Å². The third kappa shape index (κ3) is 0.293. The molecule has 0 aromatic carbocycles. The van der Waals surface area contributed by atoms with Gasteiger partial charge in [0.15, 0.2) is 0 Å². The van der Waals surface area contributed by atoms with Crippen molar-refractivity contribution in [3.63, 3.8) is 0 Å². The van der Waals surface area contributed by atoms with Crippen LogP contribution in [0.15, 0.2) is 24.5 Å². The average Bonchev–Trinajstić information content (AvgIpc) is 1.76. The minimum Gasteiger partial charge on any atom is -0.368 e. The van der Waals surface area contributed by atoms with Crippen molar-refractivity contribution in [1.82, 2.24) is 4.98 Å². The number of aromatic nitrogens is 1. The number of H-pyrrole nitrogens is 1. The quantitative estimate of drug-likeness (QED) is 0.476. The van der Waals surface area contributed by atoms with Crippen LogP contribution in [0.4, 0.5) is 0 Å². The van der Waals surface area contributed by atoms with E-state index in [0.717, 1.165) is 0 Å². The molecule has 26 valence electrons. The lowest BCUT2D eigenvalue weighted by molar-refractivity contribution is 1.42. The Morgan fingerprint density at radius 1 is 1.20 bits per heavy atom. The molecule has 1 heteroatoms. The molecule has 5 heavy (non-hydrogen) atoms. The number of rotatable bonds is 0. The third-order valence-electron chi connectivity index (χ3n) is 0.496. The summed E-state index contributed by atoms with van der Waals surface area (Å²) in [7, 11) is 0. The molecule has 1 aromatic heterocycles. The summed E-state index contributed by atoms with van der Waals surface area (Å²) in [5.41, 5.74) is 0. The molecule has 0 aliphatic rings. The molecule has 1 heterocycles. The Morgan fingerprint density at radius 2 is 1.80 bits per heavy atom. The Morgan fingerprint density at radius 3 is 2.00 bits per heavy atom. The Kier molecular flexibility index (Phi) is 0.468. The van der Waals surface area contributed by atoms with Gasteiger partial charge in [-0.25, -0.2) is 0 Å². The van der Waals surface area contributed by atoms with Crippen LogP contribution in [0.1, 0.15) is 5.71 Å². The maximum absolute atomic E-state index is 2.86. The van der Waals surface area contributed by atoms with E-state index in [0.29, 0.717) is 0 Å². The summed E-state index contributed by atoms with van der Waals surface area (Å²) in [5.74, 6) is 0. The molecule has 0 spiro atoms. The van der Waals surface area contributed by atoms with E-state index in [1.807, 2.05) is 24.5 Å². The first-order chi connectivity index (χ1) is 2.50. The Hall–Kier alpha value is -0.720. The van der Waals surface area contributed by atoms with Crippen molar-refractivity contribution in [2.24, 2.45) is 0 Å². The van der Waals surface area contributed by atoms with Crippen LogP contribution in [-0.2, 0) is 0 Å². The van der Waals surface area contributed by atoms with Crippen LogP contribution in [-0.4, -0.2) is 4.98 Å². The zero-order valence-corrected chi connectivity index (χ0v) is 2.81. The van der Waals surface area contributed by atoms with E-state index in [-0.39, 0.29) is 5.71 Å². The normalized spacial score (nSPS) is 8.00. The first-order valence-corrected chi connectivity index (χ1v) is 1.58. The van der Waals surface area contributed by atoms with E-state index < -0.39 is 0 Å². The predicted molar refractivity (Wildman–Crippen MR) is 25.2 cm³/mol. The molecule has 0 radical (unpaired) electrons. The average molecular weight is 71.1 g/mol. The lowest BCUT2D eigenvalue weighted by Crippen LogP contribution is -1.38. The Balaban J connectivity index is -0.0000000312. The van der Waals surface area contributed by atoms with Gasteiger partial charge in [-0.2, -0.15) is 0 Å². The SMILES string of the molecule is [H+].[H+].[H+].[H+].c1cc[nH]c1. The summed E-state index contributed by atoms with van der Waals surface area (Å²) < 4.78 is 0.